The van der Waals surface area contributed by atoms with E-state index in [2.05, 4.69) is 30.8 Å². The lowest BCUT2D eigenvalue weighted by atomic mass is 10.3. The molecule has 1 N–H and O–H groups in total. The maximum absolute atomic E-state index is 11.4. The van der Waals surface area contributed by atoms with E-state index >= 15 is 0 Å². The van der Waals surface area contributed by atoms with E-state index in [-0.39, 0.29) is 5.91 Å². The van der Waals surface area contributed by atoms with E-state index in [1.54, 1.807) is 17.7 Å². The second-order valence-corrected chi connectivity index (χ2v) is 4.12. The first kappa shape index (κ1) is 10.3. The van der Waals surface area contributed by atoms with Gasteiger partial charge in [0.15, 0.2) is 10.4 Å². The van der Waals surface area contributed by atoms with Crippen LogP contribution in [0.25, 0.3) is 0 Å². The van der Waals surface area contributed by atoms with Crippen molar-refractivity contribution in [2.24, 2.45) is 0 Å². The van der Waals surface area contributed by atoms with Gasteiger partial charge in [0.2, 0.25) is 0 Å². The summed E-state index contributed by atoms with van der Waals surface area (Å²) in [4.78, 5) is 11.4. The minimum Gasteiger partial charge on any atom is -0.457 e. The maximum Gasteiger partial charge on any atom is 0.273 e. The lowest BCUT2D eigenvalue weighted by Gasteiger charge is -1.98. The summed E-state index contributed by atoms with van der Waals surface area (Å²) in [5.74, 6) is -0.235. The first-order valence-corrected chi connectivity index (χ1v) is 5.67. The average Bonchev–Trinajstić information content (AvgIpc) is 2.84. The normalized spacial score (nSPS) is 10.2. The molecule has 0 spiro atoms. The molecule has 0 unspecified atom stereocenters. The van der Waals surface area contributed by atoms with Crippen molar-refractivity contribution in [2.45, 2.75) is 6.54 Å². The Bertz CT molecular complexity index is 454. The van der Waals surface area contributed by atoms with E-state index in [9.17, 15) is 4.79 Å². The molecule has 2 aromatic heterocycles. The van der Waals surface area contributed by atoms with Crippen LogP contribution in [0.2, 0.25) is 0 Å². The zero-order valence-corrected chi connectivity index (χ0v) is 9.84. The number of aromatic nitrogens is 2. The molecule has 7 heteroatoms. The molecule has 0 atom stereocenters. The molecule has 0 bridgehead atoms. The molecule has 0 aliphatic heterocycles. The molecule has 0 saturated carbocycles. The van der Waals surface area contributed by atoms with Crippen molar-refractivity contribution in [2.75, 3.05) is 0 Å². The molecular formula is C8H6BrN3O2S. The number of nitrogens with zero attached hydrogens (tertiary/aromatic N) is 2. The number of halogens is 1. The largest absolute Gasteiger partial charge is 0.457 e. The molecule has 5 nitrogen and oxygen atoms in total. The van der Waals surface area contributed by atoms with Gasteiger partial charge in [-0.15, -0.1) is 5.10 Å². The van der Waals surface area contributed by atoms with Gasteiger partial charge in [-0.3, -0.25) is 4.79 Å². The number of carbonyl (C=O) groups excluding carboxylic acids is 1. The molecular weight excluding hydrogens is 282 g/mol. The van der Waals surface area contributed by atoms with Gasteiger partial charge < -0.3 is 9.73 Å². The van der Waals surface area contributed by atoms with Crippen LogP contribution < -0.4 is 5.32 Å². The summed E-state index contributed by atoms with van der Waals surface area (Å²) >= 11 is 4.32. The fraction of sp³-hybridized carbons (Fsp3) is 0.125. The van der Waals surface area contributed by atoms with Gasteiger partial charge in [-0.05, 0) is 33.5 Å². The Kier molecular flexibility index (Phi) is 3.12. The van der Waals surface area contributed by atoms with Crippen LogP contribution in [0.5, 0.6) is 0 Å². The van der Waals surface area contributed by atoms with Gasteiger partial charge >= 0.3 is 0 Å². The van der Waals surface area contributed by atoms with Gasteiger partial charge in [0.05, 0.1) is 6.26 Å². The molecule has 0 saturated heterocycles. The van der Waals surface area contributed by atoms with Gasteiger partial charge in [-0.25, -0.2) is 0 Å². The van der Waals surface area contributed by atoms with E-state index < -0.39 is 0 Å². The third-order valence-corrected chi connectivity index (χ3v) is 2.59. The summed E-state index contributed by atoms with van der Waals surface area (Å²) < 4.78 is 9.27. The van der Waals surface area contributed by atoms with Crippen molar-refractivity contribution in [3.05, 3.63) is 33.6 Å². The molecule has 78 valence electrons. The van der Waals surface area contributed by atoms with E-state index in [1.165, 1.54) is 0 Å². The first-order chi connectivity index (χ1) is 7.25. The van der Waals surface area contributed by atoms with E-state index in [0.29, 0.717) is 16.9 Å². The van der Waals surface area contributed by atoms with Gasteiger partial charge in [-0.2, -0.15) is 0 Å². The van der Waals surface area contributed by atoms with Gasteiger partial charge in [0.1, 0.15) is 0 Å². The molecule has 2 heterocycles. The Morgan fingerprint density at radius 1 is 1.67 bits per heavy atom. The molecule has 2 rings (SSSR count). The molecule has 1 amide bonds. The Balaban J connectivity index is 1.91. The molecule has 15 heavy (non-hydrogen) atoms. The predicted molar refractivity (Wildman–Crippen MR) is 57.5 cm³/mol. The van der Waals surface area contributed by atoms with Gasteiger partial charge in [0, 0.05) is 17.5 Å². The molecule has 0 aliphatic rings. The zero-order chi connectivity index (χ0) is 10.7. The smallest absolute Gasteiger partial charge is 0.273 e. The third kappa shape index (κ3) is 2.63. The monoisotopic (exact) mass is 287 g/mol. The SMILES string of the molecule is O=C(NCc1coc(Br)c1)c1csnn1. The number of hydrogen-bond acceptors (Lipinski definition) is 5. The number of furan rings is 1. The highest BCUT2D eigenvalue weighted by molar-refractivity contribution is 9.10. The van der Waals surface area contributed by atoms with E-state index in [1.807, 2.05) is 0 Å². The molecule has 0 fully saturated rings. The second kappa shape index (κ2) is 4.54. The van der Waals surface area contributed by atoms with Crippen LogP contribution >= 0.6 is 27.5 Å². The van der Waals surface area contributed by atoms with Crippen molar-refractivity contribution in [1.29, 1.82) is 0 Å². The van der Waals surface area contributed by atoms with Crippen molar-refractivity contribution in [1.82, 2.24) is 14.9 Å². The Morgan fingerprint density at radius 3 is 3.13 bits per heavy atom. The number of nitrogens with one attached hydrogen (secondary N) is 1. The zero-order valence-electron chi connectivity index (χ0n) is 7.44. The molecule has 0 radical (unpaired) electrons. The Hall–Kier alpha value is -1.21. The summed E-state index contributed by atoms with van der Waals surface area (Å²) in [5.41, 5.74) is 1.22. The molecule has 0 aliphatic carbocycles. The quantitative estimate of drug-likeness (QED) is 0.935. The number of rotatable bonds is 3. The number of hydrogen-bond donors (Lipinski definition) is 1. The fourth-order valence-corrected chi connectivity index (χ4v) is 1.80. The topological polar surface area (TPSA) is 68.0 Å². The van der Waals surface area contributed by atoms with Gasteiger partial charge in [0.25, 0.3) is 5.91 Å². The van der Waals surface area contributed by atoms with Crippen molar-refractivity contribution in [3.8, 4) is 0 Å². The fourth-order valence-electron chi connectivity index (χ4n) is 0.975. The van der Waals surface area contributed by atoms with E-state index in [4.69, 9.17) is 4.42 Å². The Morgan fingerprint density at radius 2 is 2.53 bits per heavy atom. The molecule has 2 aromatic rings. The van der Waals surface area contributed by atoms with Crippen LogP contribution in [0.1, 0.15) is 16.1 Å². The summed E-state index contributed by atoms with van der Waals surface area (Å²) in [6, 6.07) is 1.79. The summed E-state index contributed by atoms with van der Waals surface area (Å²) in [5, 5.41) is 7.95. The van der Waals surface area contributed by atoms with Crippen molar-refractivity contribution >= 4 is 33.4 Å². The lowest BCUT2D eigenvalue weighted by Crippen LogP contribution is -2.22. The third-order valence-electron chi connectivity index (χ3n) is 1.67. The highest BCUT2D eigenvalue weighted by Crippen LogP contribution is 2.13. The summed E-state index contributed by atoms with van der Waals surface area (Å²) in [7, 11) is 0. The highest BCUT2D eigenvalue weighted by atomic mass is 79.9. The van der Waals surface area contributed by atoms with Crippen LogP contribution in [0, 0.1) is 0 Å². The van der Waals surface area contributed by atoms with Crippen LogP contribution in [0.15, 0.2) is 26.8 Å². The minimum absolute atomic E-state index is 0.235. The van der Waals surface area contributed by atoms with Crippen LogP contribution in [0.3, 0.4) is 0 Å². The molecule has 0 aromatic carbocycles. The van der Waals surface area contributed by atoms with Gasteiger partial charge in [-0.1, -0.05) is 4.49 Å². The summed E-state index contributed by atoms with van der Waals surface area (Å²) in [6.07, 6.45) is 1.57. The standard InChI is InChI=1S/C8H6BrN3O2S/c9-7-1-5(3-14-7)2-10-8(13)6-4-15-12-11-6/h1,3-4H,2H2,(H,10,13). The van der Waals surface area contributed by atoms with Crippen LogP contribution in [-0.2, 0) is 6.54 Å². The second-order valence-electron chi connectivity index (χ2n) is 2.73. The number of amides is 1. The first-order valence-electron chi connectivity index (χ1n) is 4.04. The van der Waals surface area contributed by atoms with Crippen LogP contribution in [-0.4, -0.2) is 15.5 Å². The number of carbonyl (C=O) groups is 1. The Labute approximate surface area is 97.8 Å². The average molecular weight is 288 g/mol. The highest BCUT2D eigenvalue weighted by Gasteiger charge is 2.08. The maximum atomic E-state index is 11.4. The van der Waals surface area contributed by atoms with E-state index in [0.717, 1.165) is 17.1 Å². The van der Waals surface area contributed by atoms with Crippen molar-refractivity contribution in [3.63, 3.8) is 0 Å². The predicted octanol–water partition coefficient (Wildman–Crippen LogP) is 1.82. The lowest BCUT2D eigenvalue weighted by molar-refractivity contribution is 0.0946. The minimum atomic E-state index is -0.235. The summed E-state index contributed by atoms with van der Waals surface area (Å²) in [6.45, 7) is 0.408. The van der Waals surface area contributed by atoms with Crippen molar-refractivity contribution < 1.29 is 9.21 Å². The van der Waals surface area contributed by atoms with Crippen LogP contribution in [0.4, 0.5) is 0 Å².